The lowest BCUT2D eigenvalue weighted by Crippen LogP contribution is -2.21. The Morgan fingerprint density at radius 2 is 1.40 bits per heavy atom. The maximum absolute atomic E-state index is 12.4. The Hall–Kier alpha value is -4.19. The summed E-state index contributed by atoms with van der Waals surface area (Å²) in [7, 11) is 0. The molecule has 0 unspecified atom stereocenters. The Kier molecular flexibility index (Phi) is 5.66. The van der Waals surface area contributed by atoms with E-state index in [0.29, 0.717) is 28.4 Å². The molecule has 6 heteroatoms. The largest absolute Gasteiger partial charge is 0.455 e. The van der Waals surface area contributed by atoms with E-state index in [-0.39, 0.29) is 6.42 Å². The molecule has 148 valence electrons. The minimum absolute atomic E-state index is 0.330. The van der Waals surface area contributed by atoms with Gasteiger partial charge in [-0.2, -0.15) is 0 Å². The van der Waals surface area contributed by atoms with Crippen LogP contribution >= 0.6 is 0 Å². The van der Waals surface area contributed by atoms with Crippen molar-refractivity contribution < 1.29 is 14.3 Å². The van der Waals surface area contributed by atoms with Gasteiger partial charge < -0.3 is 15.4 Å². The lowest BCUT2D eigenvalue weighted by molar-refractivity contribution is -0.123. The summed E-state index contributed by atoms with van der Waals surface area (Å²) in [6, 6.07) is 25.6. The number of pyridine rings is 1. The number of nitrogens with zero attached hydrogens (tertiary/aromatic N) is 1. The highest BCUT2D eigenvalue weighted by Gasteiger charge is 2.14. The van der Waals surface area contributed by atoms with Gasteiger partial charge in [0, 0.05) is 11.6 Å². The normalized spacial score (nSPS) is 10.4. The van der Waals surface area contributed by atoms with Crippen molar-refractivity contribution in [1.29, 1.82) is 0 Å². The van der Waals surface area contributed by atoms with Gasteiger partial charge >= 0.3 is 0 Å². The first-order valence-electron chi connectivity index (χ1n) is 9.44. The van der Waals surface area contributed by atoms with E-state index in [9.17, 15) is 9.59 Å². The molecule has 0 atom stereocenters. The van der Waals surface area contributed by atoms with Crippen molar-refractivity contribution in [2.75, 3.05) is 10.6 Å². The summed E-state index contributed by atoms with van der Waals surface area (Å²) in [4.78, 5) is 29.1. The van der Waals surface area contributed by atoms with Crippen LogP contribution in [-0.2, 0) is 9.59 Å². The Morgan fingerprint density at radius 1 is 0.733 bits per heavy atom. The predicted molar refractivity (Wildman–Crippen MR) is 117 cm³/mol. The van der Waals surface area contributed by atoms with Crippen LogP contribution < -0.4 is 15.4 Å². The third kappa shape index (κ3) is 4.62. The van der Waals surface area contributed by atoms with Crippen molar-refractivity contribution in [1.82, 2.24) is 4.98 Å². The van der Waals surface area contributed by atoms with E-state index < -0.39 is 11.8 Å². The van der Waals surface area contributed by atoms with Gasteiger partial charge in [-0.3, -0.25) is 14.6 Å². The zero-order valence-electron chi connectivity index (χ0n) is 16.0. The summed E-state index contributed by atoms with van der Waals surface area (Å²) in [6.07, 6.45) is 1.33. The molecule has 0 bridgehead atoms. The van der Waals surface area contributed by atoms with Crippen LogP contribution in [0.3, 0.4) is 0 Å². The molecular weight excluding hydrogens is 378 g/mol. The number of aromatic nitrogens is 1. The lowest BCUT2D eigenvalue weighted by Gasteiger charge is -2.12. The highest BCUT2D eigenvalue weighted by molar-refractivity contribution is 6.10. The topological polar surface area (TPSA) is 80.3 Å². The molecule has 2 N–H and O–H groups in total. The first-order valence-corrected chi connectivity index (χ1v) is 9.44. The van der Waals surface area contributed by atoms with Crippen LogP contribution in [0.15, 0.2) is 91.1 Å². The van der Waals surface area contributed by atoms with Gasteiger partial charge in [0.2, 0.25) is 11.8 Å². The van der Waals surface area contributed by atoms with Gasteiger partial charge in [-0.15, -0.1) is 0 Å². The molecule has 0 saturated carbocycles. The zero-order chi connectivity index (χ0) is 20.8. The number of fused-ring (bicyclic) bond motifs is 1. The molecule has 0 saturated heterocycles. The SMILES string of the molecule is O=C(CC(=O)Nc1cccc2cccnc12)Nc1ccccc1Oc1ccccc1. The first-order chi connectivity index (χ1) is 14.7. The average molecular weight is 397 g/mol. The van der Waals surface area contributed by atoms with Crippen molar-refractivity contribution in [3.63, 3.8) is 0 Å². The second kappa shape index (κ2) is 8.87. The van der Waals surface area contributed by atoms with Crippen LogP contribution in [0.25, 0.3) is 10.9 Å². The fourth-order valence-electron chi connectivity index (χ4n) is 3.01. The number of amides is 2. The summed E-state index contributed by atoms with van der Waals surface area (Å²) in [5, 5.41) is 6.42. The first kappa shape index (κ1) is 19.1. The van der Waals surface area contributed by atoms with Crippen molar-refractivity contribution in [3.8, 4) is 11.5 Å². The van der Waals surface area contributed by atoms with Gasteiger partial charge in [-0.05, 0) is 36.4 Å². The van der Waals surface area contributed by atoms with E-state index in [1.807, 2.05) is 60.7 Å². The third-order valence-electron chi connectivity index (χ3n) is 4.36. The molecule has 1 aromatic heterocycles. The number of carbonyl (C=O) groups is 2. The van der Waals surface area contributed by atoms with Gasteiger partial charge in [-0.25, -0.2) is 0 Å². The Balaban J connectivity index is 1.42. The van der Waals surface area contributed by atoms with Gasteiger partial charge in [0.05, 0.1) is 16.9 Å². The number of hydrogen-bond donors (Lipinski definition) is 2. The minimum Gasteiger partial charge on any atom is -0.455 e. The Morgan fingerprint density at radius 3 is 2.23 bits per heavy atom. The third-order valence-corrected chi connectivity index (χ3v) is 4.36. The van der Waals surface area contributed by atoms with Crippen LogP contribution in [0.4, 0.5) is 11.4 Å². The molecule has 4 aromatic rings. The number of ether oxygens (including phenoxy) is 1. The summed E-state index contributed by atoms with van der Waals surface area (Å²) < 4.78 is 5.84. The number of benzene rings is 3. The van der Waals surface area contributed by atoms with Gasteiger partial charge in [0.1, 0.15) is 12.2 Å². The highest BCUT2D eigenvalue weighted by atomic mass is 16.5. The van der Waals surface area contributed by atoms with Crippen molar-refractivity contribution >= 4 is 34.1 Å². The smallest absolute Gasteiger partial charge is 0.233 e. The van der Waals surface area contributed by atoms with Crippen LogP contribution in [0.1, 0.15) is 6.42 Å². The van der Waals surface area contributed by atoms with E-state index in [1.165, 1.54) is 0 Å². The fraction of sp³-hybridized carbons (Fsp3) is 0.0417. The lowest BCUT2D eigenvalue weighted by atomic mass is 10.2. The summed E-state index contributed by atoms with van der Waals surface area (Å²) in [6.45, 7) is 0. The molecule has 6 nitrogen and oxygen atoms in total. The second-order valence-electron chi connectivity index (χ2n) is 6.57. The van der Waals surface area contributed by atoms with Gasteiger partial charge in [0.25, 0.3) is 0 Å². The van der Waals surface area contributed by atoms with Crippen LogP contribution in [0.2, 0.25) is 0 Å². The summed E-state index contributed by atoms with van der Waals surface area (Å²) >= 11 is 0. The number of nitrogens with one attached hydrogen (secondary N) is 2. The van der Waals surface area contributed by atoms with Gasteiger partial charge in [-0.1, -0.05) is 48.5 Å². The fourth-order valence-corrected chi connectivity index (χ4v) is 3.01. The summed E-state index contributed by atoms with van der Waals surface area (Å²) in [5.74, 6) is 0.285. The van der Waals surface area contributed by atoms with E-state index in [1.54, 1.807) is 30.5 Å². The zero-order valence-corrected chi connectivity index (χ0v) is 16.0. The van der Waals surface area contributed by atoms with E-state index in [4.69, 9.17) is 4.74 Å². The maximum Gasteiger partial charge on any atom is 0.233 e. The number of anilines is 2. The number of hydrogen-bond acceptors (Lipinski definition) is 4. The average Bonchev–Trinajstić information content (AvgIpc) is 2.76. The van der Waals surface area contributed by atoms with Crippen LogP contribution in [0.5, 0.6) is 11.5 Å². The number of rotatable bonds is 6. The molecule has 2 amide bonds. The van der Waals surface area contributed by atoms with E-state index in [0.717, 1.165) is 5.39 Å². The molecule has 4 rings (SSSR count). The molecule has 30 heavy (non-hydrogen) atoms. The number of carbonyl (C=O) groups excluding carboxylic acids is 2. The highest BCUT2D eigenvalue weighted by Crippen LogP contribution is 2.29. The molecule has 1 heterocycles. The Bertz CT molecular complexity index is 1190. The maximum atomic E-state index is 12.4. The van der Waals surface area contributed by atoms with Crippen LogP contribution in [0, 0.1) is 0 Å². The molecule has 0 aliphatic rings. The van der Waals surface area contributed by atoms with E-state index in [2.05, 4.69) is 15.6 Å². The van der Waals surface area contributed by atoms with Crippen molar-refractivity contribution in [2.45, 2.75) is 6.42 Å². The van der Waals surface area contributed by atoms with E-state index >= 15 is 0 Å². The quantitative estimate of drug-likeness (QED) is 0.449. The molecular formula is C24H19N3O3. The standard InChI is InChI=1S/C24H19N3O3/c28-22(16-23(29)27-20-13-6-8-17-9-7-15-25-24(17)20)26-19-12-4-5-14-21(19)30-18-10-2-1-3-11-18/h1-15H,16H2,(H,26,28)(H,27,29). The monoisotopic (exact) mass is 397 g/mol. The van der Waals surface area contributed by atoms with Gasteiger partial charge in [0.15, 0.2) is 5.75 Å². The molecule has 0 aliphatic carbocycles. The predicted octanol–water partition coefficient (Wildman–Crippen LogP) is 4.99. The molecule has 0 fully saturated rings. The molecule has 0 spiro atoms. The van der Waals surface area contributed by atoms with Crippen LogP contribution in [-0.4, -0.2) is 16.8 Å². The number of para-hydroxylation sites is 4. The molecule has 0 radical (unpaired) electrons. The minimum atomic E-state index is -0.440. The Labute approximate surface area is 173 Å². The molecule has 0 aliphatic heterocycles. The van der Waals surface area contributed by atoms with Crippen molar-refractivity contribution in [3.05, 3.63) is 91.1 Å². The van der Waals surface area contributed by atoms with Crippen molar-refractivity contribution in [2.24, 2.45) is 0 Å². The molecule has 3 aromatic carbocycles. The summed E-state index contributed by atoms with van der Waals surface area (Å²) in [5.41, 5.74) is 1.74. The second-order valence-corrected chi connectivity index (χ2v) is 6.57.